The van der Waals surface area contributed by atoms with Crippen LogP contribution in [0.4, 0.5) is 43.9 Å². The highest BCUT2D eigenvalue weighted by Crippen LogP contribution is 2.61. The molecule has 163 valence electrons. The van der Waals surface area contributed by atoms with Crippen LogP contribution in [0.2, 0.25) is 0 Å². The Kier molecular flexibility index (Phi) is 6.38. The van der Waals surface area contributed by atoms with Crippen molar-refractivity contribution in [1.82, 2.24) is 0 Å². The van der Waals surface area contributed by atoms with Crippen molar-refractivity contribution in [3.63, 3.8) is 0 Å². The van der Waals surface area contributed by atoms with Gasteiger partial charge in [-0.25, -0.2) is 4.39 Å². The molecular weight excluding hydrogens is 520 g/mol. The molecule has 1 atom stereocenters. The predicted molar refractivity (Wildman–Crippen MR) is 91.8 cm³/mol. The van der Waals surface area contributed by atoms with Crippen molar-refractivity contribution in [2.24, 2.45) is 0 Å². The van der Waals surface area contributed by atoms with Crippen LogP contribution >= 0.6 is 27.7 Å². The van der Waals surface area contributed by atoms with E-state index in [1.165, 1.54) is 6.07 Å². The van der Waals surface area contributed by atoms with Gasteiger partial charge in [-0.15, -0.1) is 0 Å². The summed E-state index contributed by atoms with van der Waals surface area (Å²) in [5, 5.41) is 9.17. The quantitative estimate of drug-likeness (QED) is 0.387. The number of rotatable bonds is 3. The molecule has 0 amide bonds. The fourth-order valence-electron chi connectivity index (χ4n) is 3.01. The maximum Gasteiger partial charge on any atom is 0.446 e. The van der Waals surface area contributed by atoms with Gasteiger partial charge in [0.05, 0.1) is 17.0 Å². The Morgan fingerprint density at radius 2 is 1.40 bits per heavy atom. The third-order valence-corrected chi connectivity index (χ3v) is 5.25. The van der Waals surface area contributed by atoms with Crippen LogP contribution in [0, 0.1) is 17.8 Å². The van der Waals surface area contributed by atoms with Crippen LogP contribution in [0.3, 0.4) is 0 Å². The van der Waals surface area contributed by atoms with E-state index in [-0.39, 0.29) is 12.2 Å². The lowest BCUT2D eigenvalue weighted by Crippen LogP contribution is -2.65. The third kappa shape index (κ3) is 4.21. The van der Waals surface area contributed by atoms with E-state index < -0.39 is 61.2 Å². The van der Waals surface area contributed by atoms with E-state index >= 15 is 4.39 Å². The van der Waals surface area contributed by atoms with Crippen molar-refractivity contribution in [3.8, 4) is 6.07 Å². The van der Waals surface area contributed by atoms with Gasteiger partial charge in [-0.3, -0.25) is 0 Å². The topological polar surface area (TPSA) is 23.8 Å². The Balaban J connectivity index is 3.04. The number of hydrogen-bond donors (Lipinski definition) is 0. The minimum atomic E-state index is -6.61. The monoisotopic (exact) mass is 526 g/mol. The summed E-state index contributed by atoms with van der Waals surface area (Å²) in [7, 11) is 0. The van der Waals surface area contributed by atoms with Gasteiger partial charge in [-0.05, 0) is 28.3 Å². The predicted octanol–water partition coefficient (Wildman–Crippen LogP) is 7.26. The second kappa shape index (κ2) is 7.78. The SMILES string of the molecule is N#Cc1ccccc1C1(C(F)(C(F)(F)F)C(F)(F)F)C=C(Br)[CH]C(SC(F)(F)F)=C1. The lowest BCUT2D eigenvalue weighted by Gasteiger charge is -2.45. The zero-order chi connectivity index (χ0) is 23.2. The summed E-state index contributed by atoms with van der Waals surface area (Å²) < 4.78 is 135. The average molecular weight is 527 g/mol. The molecule has 0 fully saturated rings. The first-order valence-corrected chi connectivity index (χ1v) is 9.13. The van der Waals surface area contributed by atoms with Gasteiger partial charge in [0.25, 0.3) is 0 Å². The summed E-state index contributed by atoms with van der Waals surface area (Å²) in [4.78, 5) is -1.12. The number of nitriles is 1. The van der Waals surface area contributed by atoms with Gasteiger partial charge in [-0.1, -0.05) is 46.3 Å². The van der Waals surface area contributed by atoms with E-state index in [2.05, 4.69) is 15.9 Å². The first-order valence-electron chi connectivity index (χ1n) is 7.52. The number of hydrogen-bond acceptors (Lipinski definition) is 2. The maximum absolute atomic E-state index is 15.4. The minimum absolute atomic E-state index is 0.104. The summed E-state index contributed by atoms with van der Waals surface area (Å²) in [5.41, 5.74) is -16.9. The van der Waals surface area contributed by atoms with Gasteiger partial charge >= 0.3 is 23.5 Å². The van der Waals surface area contributed by atoms with E-state index in [9.17, 15) is 44.8 Å². The highest BCUT2D eigenvalue weighted by molar-refractivity contribution is 9.11. The van der Waals surface area contributed by atoms with Gasteiger partial charge < -0.3 is 0 Å². The highest BCUT2D eigenvalue weighted by atomic mass is 79.9. The van der Waals surface area contributed by atoms with Crippen molar-refractivity contribution in [2.45, 2.75) is 28.9 Å². The Bertz CT molecular complexity index is 908. The average Bonchev–Trinajstić information content (AvgIpc) is 2.56. The second-order valence-corrected chi connectivity index (χ2v) is 8.00. The van der Waals surface area contributed by atoms with Crippen LogP contribution in [0.5, 0.6) is 0 Å². The van der Waals surface area contributed by atoms with Crippen molar-refractivity contribution < 1.29 is 43.9 Å². The van der Waals surface area contributed by atoms with E-state index in [1.54, 1.807) is 0 Å². The molecule has 0 bridgehead atoms. The molecule has 1 aliphatic rings. The van der Waals surface area contributed by atoms with Crippen LogP contribution in [0.25, 0.3) is 0 Å². The van der Waals surface area contributed by atoms with Crippen LogP contribution in [0.15, 0.2) is 45.8 Å². The van der Waals surface area contributed by atoms with Gasteiger partial charge in [0.1, 0.15) is 0 Å². The van der Waals surface area contributed by atoms with Gasteiger partial charge in [-0.2, -0.15) is 44.8 Å². The van der Waals surface area contributed by atoms with Crippen molar-refractivity contribution in [1.29, 1.82) is 5.26 Å². The molecule has 0 heterocycles. The van der Waals surface area contributed by atoms with Crippen LogP contribution in [-0.2, 0) is 5.41 Å². The largest absolute Gasteiger partial charge is 0.446 e. The van der Waals surface area contributed by atoms with Gasteiger partial charge in [0.2, 0.25) is 0 Å². The zero-order valence-electron chi connectivity index (χ0n) is 14.1. The molecule has 1 aliphatic carbocycles. The summed E-state index contributed by atoms with van der Waals surface area (Å²) in [6.07, 6.45) is -12.6. The molecule has 30 heavy (non-hydrogen) atoms. The van der Waals surface area contributed by atoms with Crippen LogP contribution in [0.1, 0.15) is 11.1 Å². The van der Waals surface area contributed by atoms with Crippen LogP contribution in [-0.4, -0.2) is 23.5 Å². The van der Waals surface area contributed by atoms with Gasteiger partial charge in [0.15, 0.2) is 0 Å². The van der Waals surface area contributed by atoms with Crippen molar-refractivity contribution >= 4 is 27.7 Å². The number of halogens is 11. The standard InChI is InChI=1S/C17H7BrF10NS/c18-10-5-11(30-17(26,27)28)7-13(6-10,12-4-2-1-3-9(12)8-29)14(19,15(20,21)22)16(23,24)25/h1-7H. The van der Waals surface area contributed by atoms with E-state index in [1.807, 2.05) is 0 Å². The Morgan fingerprint density at radius 1 is 0.867 bits per heavy atom. The second-order valence-electron chi connectivity index (χ2n) is 5.95. The molecule has 2 rings (SSSR count). The van der Waals surface area contributed by atoms with E-state index in [0.29, 0.717) is 12.5 Å². The number of allylic oxidation sites excluding steroid dienone is 4. The molecular formula is C17H7BrF10NS. The summed E-state index contributed by atoms with van der Waals surface area (Å²) in [6.45, 7) is 0. The summed E-state index contributed by atoms with van der Waals surface area (Å²) in [5.74, 6) is 0. The van der Waals surface area contributed by atoms with E-state index in [4.69, 9.17) is 0 Å². The molecule has 0 aliphatic heterocycles. The molecule has 1 unspecified atom stereocenters. The first kappa shape index (κ1) is 24.6. The number of alkyl halides is 10. The molecule has 0 saturated carbocycles. The number of benzene rings is 1. The molecule has 1 aromatic carbocycles. The normalized spacial score (nSPS) is 21.0. The lowest BCUT2D eigenvalue weighted by molar-refractivity contribution is -0.354. The Morgan fingerprint density at radius 3 is 1.87 bits per heavy atom. The summed E-state index contributed by atoms with van der Waals surface area (Å²) >= 11 is 1.56. The third-order valence-electron chi connectivity index (χ3n) is 4.09. The fraction of sp³-hybridized carbons (Fsp3) is 0.294. The molecule has 0 saturated heterocycles. The fourth-order valence-corrected chi connectivity index (χ4v) is 4.46. The molecule has 13 heteroatoms. The smallest absolute Gasteiger partial charge is 0.222 e. The first-order chi connectivity index (χ1) is 13.5. The molecule has 1 aromatic rings. The lowest BCUT2D eigenvalue weighted by atomic mass is 9.64. The minimum Gasteiger partial charge on any atom is -0.222 e. The Hall–Kier alpha value is -1.68. The molecule has 1 nitrogen and oxygen atoms in total. The zero-order valence-corrected chi connectivity index (χ0v) is 16.5. The summed E-state index contributed by atoms with van der Waals surface area (Å²) in [6, 6.07) is 4.85. The Labute approximate surface area is 175 Å². The van der Waals surface area contributed by atoms with Crippen molar-refractivity contribution in [3.05, 3.63) is 63.4 Å². The molecule has 0 aromatic heterocycles. The van der Waals surface area contributed by atoms with E-state index in [0.717, 1.165) is 18.2 Å². The molecule has 0 spiro atoms. The van der Waals surface area contributed by atoms with Gasteiger partial charge in [0, 0.05) is 10.9 Å². The maximum atomic E-state index is 15.4. The number of thioether (sulfide) groups is 1. The van der Waals surface area contributed by atoms with Crippen molar-refractivity contribution in [2.75, 3.05) is 0 Å². The highest BCUT2D eigenvalue weighted by Gasteiger charge is 2.81. The number of nitrogens with zero attached hydrogens (tertiary/aromatic N) is 1. The van der Waals surface area contributed by atoms with Crippen LogP contribution < -0.4 is 0 Å². The molecule has 1 radical (unpaired) electrons. The molecule has 0 N–H and O–H groups in total.